The van der Waals surface area contributed by atoms with Crippen molar-refractivity contribution in [3.05, 3.63) is 57.8 Å². The van der Waals surface area contributed by atoms with Gasteiger partial charge < -0.3 is 5.32 Å². The molecule has 1 atom stereocenters. The van der Waals surface area contributed by atoms with Crippen LogP contribution in [0.1, 0.15) is 18.7 Å². The molecule has 0 saturated heterocycles. The Morgan fingerprint density at radius 2 is 2.12 bits per heavy atom. The molecule has 4 heteroatoms. The quantitative estimate of drug-likeness (QED) is 0.891. The number of rotatable bonds is 3. The molecule has 88 valence electrons. The van der Waals surface area contributed by atoms with Crippen molar-refractivity contribution in [1.29, 1.82) is 0 Å². The average molecular weight is 312 g/mol. The molecule has 2 aromatic rings. The van der Waals surface area contributed by atoms with E-state index in [2.05, 4.69) is 33.2 Å². The first-order valence-corrected chi connectivity index (χ1v) is 6.46. The molecule has 0 fully saturated rings. The molecule has 0 amide bonds. The molecular formula is C13H12BrClN2. The third-order valence-corrected chi connectivity index (χ3v) is 3.33. The van der Waals surface area contributed by atoms with E-state index < -0.39 is 0 Å². The number of pyridine rings is 1. The standard InChI is InChI=1S/C13H12BrClN2/c1-9(12-4-2-3-7-16-12)17-13-6-5-10(15)8-11(13)14/h2-9,17H,1H3. The summed E-state index contributed by atoms with van der Waals surface area (Å²) in [4.78, 5) is 4.32. The van der Waals surface area contributed by atoms with Crippen LogP contribution in [0.15, 0.2) is 47.1 Å². The van der Waals surface area contributed by atoms with E-state index in [-0.39, 0.29) is 6.04 Å². The van der Waals surface area contributed by atoms with E-state index in [1.165, 1.54) is 0 Å². The highest BCUT2D eigenvalue weighted by Gasteiger charge is 2.08. The van der Waals surface area contributed by atoms with E-state index in [9.17, 15) is 0 Å². The van der Waals surface area contributed by atoms with Crippen molar-refractivity contribution in [1.82, 2.24) is 4.98 Å². The fraction of sp³-hybridized carbons (Fsp3) is 0.154. The van der Waals surface area contributed by atoms with Crippen LogP contribution in [0.4, 0.5) is 5.69 Å². The van der Waals surface area contributed by atoms with Gasteiger partial charge in [0.05, 0.1) is 11.7 Å². The fourth-order valence-corrected chi connectivity index (χ4v) is 2.34. The van der Waals surface area contributed by atoms with Crippen LogP contribution < -0.4 is 5.32 Å². The summed E-state index contributed by atoms with van der Waals surface area (Å²) in [5, 5.41) is 4.10. The van der Waals surface area contributed by atoms with Crippen molar-refractivity contribution < 1.29 is 0 Å². The lowest BCUT2D eigenvalue weighted by Crippen LogP contribution is -2.08. The number of hydrogen-bond donors (Lipinski definition) is 1. The minimum atomic E-state index is 0.147. The van der Waals surface area contributed by atoms with Crippen LogP contribution in [-0.4, -0.2) is 4.98 Å². The molecular weight excluding hydrogens is 300 g/mol. The van der Waals surface area contributed by atoms with E-state index in [0.29, 0.717) is 5.02 Å². The molecule has 0 aliphatic carbocycles. The summed E-state index contributed by atoms with van der Waals surface area (Å²) in [7, 11) is 0. The lowest BCUT2D eigenvalue weighted by atomic mass is 10.2. The van der Waals surface area contributed by atoms with Gasteiger partial charge in [-0.2, -0.15) is 0 Å². The van der Waals surface area contributed by atoms with Gasteiger partial charge in [0, 0.05) is 21.4 Å². The predicted molar refractivity (Wildman–Crippen MR) is 75.4 cm³/mol. The Morgan fingerprint density at radius 3 is 2.76 bits per heavy atom. The Morgan fingerprint density at radius 1 is 1.29 bits per heavy atom. The summed E-state index contributed by atoms with van der Waals surface area (Å²) in [5.74, 6) is 0. The van der Waals surface area contributed by atoms with E-state index in [1.807, 2.05) is 36.4 Å². The van der Waals surface area contributed by atoms with Crippen LogP contribution in [0.25, 0.3) is 0 Å². The van der Waals surface area contributed by atoms with Gasteiger partial charge in [-0.3, -0.25) is 4.98 Å². The van der Waals surface area contributed by atoms with Crippen LogP contribution in [-0.2, 0) is 0 Å². The normalized spacial score (nSPS) is 12.2. The lowest BCUT2D eigenvalue weighted by Gasteiger charge is -2.16. The van der Waals surface area contributed by atoms with Gasteiger partial charge in [-0.1, -0.05) is 17.7 Å². The summed E-state index contributed by atoms with van der Waals surface area (Å²) in [6.07, 6.45) is 1.80. The van der Waals surface area contributed by atoms with E-state index >= 15 is 0 Å². The topological polar surface area (TPSA) is 24.9 Å². The van der Waals surface area contributed by atoms with E-state index in [4.69, 9.17) is 11.6 Å². The Labute approximate surface area is 114 Å². The summed E-state index contributed by atoms with van der Waals surface area (Å²) in [6, 6.07) is 11.7. The lowest BCUT2D eigenvalue weighted by molar-refractivity contribution is 0.838. The molecule has 1 aromatic carbocycles. The summed E-state index contributed by atoms with van der Waals surface area (Å²) < 4.78 is 0.952. The number of aromatic nitrogens is 1. The Hall–Kier alpha value is -1.06. The molecule has 1 aromatic heterocycles. The Balaban J connectivity index is 2.16. The molecule has 1 unspecified atom stereocenters. The zero-order valence-corrected chi connectivity index (χ0v) is 11.7. The number of halogens is 2. The maximum Gasteiger partial charge on any atom is 0.0657 e. The molecule has 2 nitrogen and oxygen atoms in total. The van der Waals surface area contributed by atoms with Gasteiger partial charge in [-0.05, 0) is 53.2 Å². The zero-order chi connectivity index (χ0) is 12.3. The van der Waals surface area contributed by atoms with Crippen LogP contribution in [0.5, 0.6) is 0 Å². The maximum atomic E-state index is 5.90. The van der Waals surface area contributed by atoms with Gasteiger partial charge in [-0.15, -0.1) is 0 Å². The van der Waals surface area contributed by atoms with Gasteiger partial charge >= 0.3 is 0 Å². The van der Waals surface area contributed by atoms with Crippen molar-refractivity contribution in [3.63, 3.8) is 0 Å². The SMILES string of the molecule is CC(Nc1ccc(Cl)cc1Br)c1ccccn1. The summed E-state index contributed by atoms with van der Waals surface area (Å²) in [6.45, 7) is 2.07. The molecule has 17 heavy (non-hydrogen) atoms. The number of anilines is 1. The molecule has 0 aliphatic heterocycles. The molecule has 0 spiro atoms. The maximum absolute atomic E-state index is 5.90. The molecule has 2 rings (SSSR count). The molecule has 0 radical (unpaired) electrons. The number of benzene rings is 1. The van der Waals surface area contributed by atoms with Crippen molar-refractivity contribution in [3.8, 4) is 0 Å². The van der Waals surface area contributed by atoms with Gasteiger partial charge in [-0.25, -0.2) is 0 Å². The van der Waals surface area contributed by atoms with Gasteiger partial charge in [0.25, 0.3) is 0 Å². The second-order valence-electron chi connectivity index (χ2n) is 3.74. The van der Waals surface area contributed by atoms with Gasteiger partial charge in [0.2, 0.25) is 0 Å². The molecule has 0 saturated carbocycles. The molecule has 1 N–H and O–H groups in total. The monoisotopic (exact) mass is 310 g/mol. The minimum Gasteiger partial charge on any atom is -0.376 e. The fourth-order valence-electron chi connectivity index (χ4n) is 1.55. The first-order chi connectivity index (χ1) is 8.16. The van der Waals surface area contributed by atoms with Crippen molar-refractivity contribution >= 4 is 33.2 Å². The predicted octanol–water partition coefficient (Wildman–Crippen LogP) is 4.67. The number of nitrogens with one attached hydrogen (secondary N) is 1. The third-order valence-electron chi connectivity index (χ3n) is 2.43. The van der Waals surface area contributed by atoms with Crippen molar-refractivity contribution in [2.24, 2.45) is 0 Å². The Bertz CT molecular complexity index is 502. The summed E-state index contributed by atoms with van der Waals surface area (Å²) >= 11 is 9.38. The highest BCUT2D eigenvalue weighted by molar-refractivity contribution is 9.10. The first-order valence-electron chi connectivity index (χ1n) is 5.29. The number of nitrogens with zero attached hydrogens (tertiary/aromatic N) is 1. The third kappa shape index (κ3) is 3.20. The van der Waals surface area contributed by atoms with Crippen LogP contribution in [0.3, 0.4) is 0 Å². The summed E-state index contributed by atoms with van der Waals surface area (Å²) in [5.41, 5.74) is 2.02. The molecule has 0 aliphatic rings. The Kier molecular flexibility index (Phi) is 4.02. The highest BCUT2D eigenvalue weighted by Crippen LogP contribution is 2.28. The van der Waals surface area contributed by atoms with Crippen LogP contribution in [0.2, 0.25) is 5.02 Å². The average Bonchev–Trinajstić information content (AvgIpc) is 2.34. The first kappa shape index (κ1) is 12.4. The minimum absolute atomic E-state index is 0.147. The number of hydrogen-bond acceptors (Lipinski definition) is 2. The van der Waals surface area contributed by atoms with Crippen LogP contribution in [0, 0.1) is 0 Å². The zero-order valence-electron chi connectivity index (χ0n) is 9.32. The van der Waals surface area contributed by atoms with E-state index in [1.54, 1.807) is 6.20 Å². The molecule has 0 bridgehead atoms. The second-order valence-corrected chi connectivity index (χ2v) is 5.04. The molecule has 1 heterocycles. The largest absolute Gasteiger partial charge is 0.376 e. The van der Waals surface area contributed by atoms with Gasteiger partial charge in [0.1, 0.15) is 0 Å². The smallest absolute Gasteiger partial charge is 0.0657 e. The van der Waals surface area contributed by atoms with Crippen molar-refractivity contribution in [2.75, 3.05) is 5.32 Å². The van der Waals surface area contributed by atoms with Gasteiger partial charge in [0.15, 0.2) is 0 Å². The van der Waals surface area contributed by atoms with E-state index in [0.717, 1.165) is 15.9 Å². The van der Waals surface area contributed by atoms with Crippen molar-refractivity contribution in [2.45, 2.75) is 13.0 Å². The second kappa shape index (κ2) is 5.52. The highest BCUT2D eigenvalue weighted by atomic mass is 79.9. The van der Waals surface area contributed by atoms with Crippen LogP contribution >= 0.6 is 27.5 Å².